The highest BCUT2D eigenvalue weighted by atomic mass is 16.3. The van der Waals surface area contributed by atoms with E-state index in [1.807, 2.05) is 6.07 Å². The number of nitrogens with zero attached hydrogens (tertiary/aromatic N) is 1. The second-order valence-corrected chi connectivity index (χ2v) is 17.2. The lowest BCUT2D eigenvalue weighted by atomic mass is 9.81. The zero-order valence-electron chi connectivity index (χ0n) is 35.2. The third kappa shape index (κ3) is 5.94. The molecule has 0 fully saturated rings. The van der Waals surface area contributed by atoms with Crippen LogP contribution >= 0.6 is 0 Å². The first-order chi connectivity index (χ1) is 31.0. The molecule has 2 heteroatoms. The SMILES string of the molecule is CC1(C)c2ccccc2-c2ccc(-c3ccccc3N(c3ccc(-c4cccc5c4oc4ccccc45)cc3)c3ccccc3-c3cccc4cccc(-c5ccccc5)c34)cc21. The summed E-state index contributed by atoms with van der Waals surface area (Å²) in [4.78, 5) is 2.47. The van der Waals surface area contributed by atoms with E-state index in [9.17, 15) is 0 Å². The summed E-state index contributed by atoms with van der Waals surface area (Å²) in [6.07, 6.45) is 0. The van der Waals surface area contributed by atoms with Crippen molar-refractivity contribution in [2.45, 2.75) is 19.3 Å². The zero-order valence-corrected chi connectivity index (χ0v) is 35.2. The van der Waals surface area contributed by atoms with Crippen LogP contribution in [0.15, 0.2) is 229 Å². The number of hydrogen-bond acceptors (Lipinski definition) is 2. The zero-order chi connectivity index (χ0) is 42.1. The molecule has 1 aliphatic carbocycles. The topological polar surface area (TPSA) is 16.4 Å². The fraction of sp³-hybridized carbons (Fsp3) is 0.0492. The van der Waals surface area contributed by atoms with Crippen LogP contribution in [0.25, 0.3) is 88.3 Å². The molecular formula is C61H43NO. The Morgan fingerprint density at radius 1 is 0.365 bits per heavy atom. The summed E-state index contributed by atoms with van der Waals surface area (Å²) in [5.41, 5.74) is 19.6. The van der Waals surface area contributed by atoms with E-state index < -0.39 is 0 Å². The first kappa shape index (κ1) is 36.9. The van der Waals surface area contributed by atoms with E-state index in [-0.39, 0.29) is 5.41 Å². The molecule has 0 spiro atoms. The quantitative estimate of drug-likeness (QED) is 0.160. The van der Waals surface area contributed by atoms with E-state index in [0.717, 1.165) is 55.7 Å². The van der Waals surface area contributed by atoms with Crippen LogP contribution in [0.2, 0.25) is 0 Å². The third-order valence-electron chi connectivity index (χ3n) is 13.3. The largest absolute Gasteiger partial charge is 0.455 e. The van der Waals surface area contributed by atoms with Gasteiger partial charge in [0.25, 0.3) is 0 Å². The fourth-order valence-electron chi connectivity index (χ4n) is 10.3. The summed E-state index contributed by atoms with van der Waals surface area (Å²) >= 11 is 0. The van der Waals surface area contributed by atoms with Crippen molar-refractivity contribution in [1.82, 2.24) is 0 Å². The standard InChI is InChI=1S/C61H43NO/c1-61(2)54-29-10-6-22-48(54)49-38-35-43(39-55(49)61)45-21-7-11-30-56(45)62(44-36-33-41(34-37-44)47-26-16-28-53-51-24-9-13-32-58(51)63-60(47)53)57-31-12-8-23-50(57)52-27-15-20-42-19-14-25-46(59(42)52)40-17-4-3-5-18-40/h3-39H,1-2H3. The molecule has 0 amide bonds. The number of para-hydroxylation sites is 4. The van der Waals surface area contributed by atoms with Gasteiger partial charge in [-0.05, 0) is 97.2 Å². The van der Waals surface area contributed by atoms with Gasteiger partial charge in [-0.25, -0.2) is 0 Å². The van der Waals surface area contributed by atoms with E-state index in [1.165, 1.54) is 60.8 Å². The van der Waals surface area contributed by atoms with Gasteiger partial charge in [0.05, 0.1) is 11.4 Å². The Labute approximate surface area is 368 Å². The summed E-state index contributed by atoms with van der Waals surface area (Å²) in [5.74, 6) is 0. The second-order valence-electron chi connectivity index (χ2n) is 17.2. The van der Waals surface area contributed by atoms with Crippen molar-refractivity contribution >= 4 is 49.8 Å². The molecule has 12 rings (SSSR count). The van der Waals surface area contributed by atoms with E-state index in [2.05, 4.69) is 237 Å². The first-order valence-electron chi connectivity index (χ1n) is 21.8. The van der Waals surface area contributed by atoms with Crippen molar-refractivity contribution in [1.29, 1.82) is 0 Å². The molecule has 0 saturated carbocycles. The Balaban J connectivity index is 1.07. The van der Waals surface area contributed by atoms with Crippen molar-refractivity contribution in [2.75, 3.05) is 4.90 Å². The van der Waals surface area contributed by atoms with Crippen molar-refractivity contribution < 1.29 is 4.42 Å². The summed E-state index contributed by atoms with van der Waals surface area (Å²) in [6.45, 7) is 4.72. The lowest BCUT2D eigenvalue weighted by molar-refractivity contribution is 0.660. The van der Waals surface area contributed by atoms with Crippen molar-refractivity contribution in [3.8, 4) is 55.6 Å². The Morgan fingerprint density at radius 3 is 1.73 bits per heavy atom. The van der Waals surface area contributed by atoms with Crippen LogP contribution in [-0.2, 0) is 5.41 Å². The highest BCUT2D eigenvalue weighted by Crippen LogP contribution is 2.52. The Morgan fingerprint density at radius 2 is 0.921 bits per heavy atom. The molecule has 0 atom stereocenters. The molecule has 0 unspecified atom stereocenters. The maximum absolute atomic E-state index is 6.52. The van der Waals surface area contributed by atoms with Gasteiger partial charge in [0.15, 0.2) is 0 Å². The smallest absolute Gasteiger partial charge is 0.143 e. The van der Waals surface area contributed by atoms with Crippen LogP contribution < -0.4 is 4.90 Å². The van der Waals surface area contributed by atoms with Gasteiger partial charge in [-0.3, -0.25) is 0 Å². The molecule has 1 heterocycles. The van der Waals surface area contributed by atoms with Crippen LogP contribution in [0.3, 0.4) is 0 Å². The molecule has 10 aromatic carbocycles. The van der Waals surface area contributed by atoms with Crippen LogP contribution in [0.4, 0.5) is 17.1 Å². The molecule has 0 saturated heterocycles. The monoisotopic (exact) mass is 805 g/mol. The average molecular weight is 806 g/mol. The van der Waals surface area contributed by atoms with Crippen molar-refractivity contribution in [3.05, 3.63) is 236 Å². The maximum atomic E-state index is 6.52. The Bertz CT molecular complexity index is 3530. The van der Waals surface area contributed by atoms with Gasteiger partial charge in [-0.15, -0.1) is 0 Å². The number of anilines is 3. The summed E-state index contributed by atoms with van der Waals surface area (Å²) < 4.78 is 6.52. The predicted molar refractivity (Wildman–Crippen MR) is 265 cm³/mol. The molecule has 0 bridgehead atoms. The normalized spacial score (nSPS) is 12.7. The molecule has 2 nitrogen and oxygen atoms in total. The molecule has 0 radical (unpaired) electrons. The van der Waals surface area contributed by atoms with Gasteiger partial charge in [0, 0.05) is 38.6 Å². The van der Waals surface area contributed by atoms with Crippen LogP contribution in [0.5, 0.6) is 0 Å². The number of rotatable bonds is 7. The summed E-state index contributed by atoms with van der Waals surface area (Å²) in [6, 6.07) is 81.7. The predicted octanol–water partition coefficient (Wildman–Crippen LogP) is 17.2. The first-order valence-corrected chi connectivity index (χ1v) is 21.8. The average Bonchev–Trinajstić information content (AvgIpc) is 3.84. The lowest BCUT2D eigenvalue weighted by Crippen LogP contribution is -2.15. The van der Waals surface area contributed by atoms with E-state index >= 15 is 0 Å². The molecule has 63 heavy (non-hydrogen) atoms. The number of furan rings is 1. The Kier molecular flexibility index (Phi) is 8.55. The Hall–Kier alpha value is -7.94. The third-order valence-corrected chi connectivity index (χ3v) is 13.3. The van der Waals surface area contributed by atoms with Gasteiger partial charge in [-0.1, -0.05) is 202 Å². The van der Waals surface area contributed by atoms with Gasteiger partial charge in [0.1, 0.15) is 11.2 Å². The molecule has 0 aliphatic heterocycles. The minimum absolute atomic E-state index is 0.119. The number of fused-ring (bicyclic) bond motifs is 7. The maximum Gasteiger partial charge on any atom is 0.143 e. The van der Waals surface area contributed by atoms with Crippen molar-refractivity contribution in [3.63, 3.8) is 0 Å². The summed E-state index contributed by atoms with van der Waals surface area (Å²) in [7, 11) is 0. The number of benzene rings is 10. The van der Waals surface area contributed by atoms with Crippen LogP contribution in [0, 0.1) is 0 Å². The molecular weight excluding hydrogens is 763 g/mol. The van der Waals surface area contributed by atoms with Crippen molar-refractivity contribution in [2.24, 2.45) is 0 Å². The van der Waals surface area contributed by atoms with Gasteiger partial charge in [-0.2, -0.15) is 0 Å². The van der Waals surface area contributed by atoms with Crippen LogP contribution in [0.1, 0.15) is 25.0 Å². The lowest BCUT2D eigenvalue weighted by Gasteiger charge is -2.30. The molecule has 11 aromatic rings. The van der Waals surface area contributed by atoms with Crippen LogP contribution in [-0.4, -0.2) is 0 Å². The van der Waals surface area contributed by atoms with Gasteiger partial charge >= 0.3 is 0 Å². The van der Waals surface area contributed by atoms with Gasteiger partial charge < -0.3 is 9.32 Å². The second kappa shape index (κ2) is 14.6. The van der Waals surface area contributed by atoms with E-state index in [1.54, 1.807) is 0 Å². The number of hydrogen-bond donors (Lipinski definition) is 0. The fourth-order valence-corrected chi connectivity index (χ4v) is 10.3. The molecule has 1 aliphatic rings. The highest BCUT2D eigenvalue weighted by Gasteiger charge is 2.35. The van der Waals surface area contributed by atoms with E-state index in [0.29, 0.717) is 0 Å². The minimum Gasteiger partial charge on any atom is -0.455 e. The van der Waals surface area contributed by atoms with E-state index in [4.69, 9.17) is 4.42 Å². The molecule has 1 aromatic heterocycles. The molecule has 0 N–H and O–H groups in total. The molecule has 298 valence electrons. The van der Waals surface area contributed by atoms with Gasteiger partial charge in [0.2, 0.25) is 0 Å². The summed E-state index contributed by atoms with van der Waals surface area (Å²) in [5, 5.41) is 4.71. The highest BCUT2D eigenvalue weighted by molar-refractivity contribution is 6.11. The minimum atomic E-state index is -0.119.